The van der Waals surface area contributed by atoms with Crippen LogP contribution in [-0.4, -0.2) is 68.5 Å². The number of phosphoric ester groups is 1. The third-order valence-electron chi connectivity index (χ3n) is 10.7. The first-order valence-corrected chi connectivity index (χ1v) is 25.2. The number of aliphatic hydroxyl groups is 1. The predicted octanol–water partition coefficient (Wildman–Crippen LogP) is 12.7. The van der Waals surface area contributed by atoms with Crippen LogP contribution >= 0.6 is 7.82 Å². The second kappa shape index (κ2) is 39.4. The van der Waals surface area contributed by atoms with Crippen LogP contribution in [0, 0.1) is 0 Å². The van der Waals surface area contributed by atoms with E-state index in [-0.39, 0.29) is 19.1 Å². The minimum Gasteiger partial charge on any atom is -0.756 e. The highest BCUT2D eigenvalue weighted by atomic mass is 31.2. The second-order valence-corrected chi connectivity index (χ2v) is 18.9. The van der Waals surface area contributed by atoms with Gasteiger partial charge in [-0.1, -0.05) is 192 Å². The van der Waals surface area contributed by atoms with E-state index >= 15 is 0 Å². The lowest BCUT2D eigenvalue weighted by Gasteiger charge is -2.29. The van der Waals surface area contributed by atoms with Crippen molar-refractivity contribution in [1.82, 2.24) is 5.32 Å². The Labute approximate surface area is 347 Å². The van der Waals surface area contributed by atoms with Gasteiger partial charge in [-0.2, -0.15) is 0 Å². The van der Waals surface area contributed by atoms with Gasteiger partial charge in [-0.25, -0.2) is 0 Å². The number of nitrogens with zero attached hydrogens (tertiary/aromatic N) is 1. The van der Waals surface area contributed by atoms with Gasteiger partial charge >= 0.3 is 0 Å². The van der Waals surface area contributed by atoms with Gasteiger partial charge in [0.1, 0.15) is 13.2 Å². The summed E-state index contributed by atoms with van der Waals surface area (Å²) in [6.45, 7) is 4.65. The van der Waals surface area contributed by atoms with E-state index in [1.807, 2.05) is 27.2 Å². The molecule has 0 aromatic heterocycles. The molecule has 0 aromatic rings. The summed E-state index contributed by atoms with van der Waals surface area (Å²) in [6.07, 6.45) is 46.5. The average Bonchev–Trinajstić information content (AvgIpc) is 3.15. The molecule has 1 amide bonds. The van der Waals surface area contributed by atoms with E-state index in [0.717, 1.165) is 38.5 Å². The van der Waals surface area contributed by atoms with E-state index in [2.05, 4.69) is 31.3 Å². The number of phosphoric acid groups is 1. The molecule has 8 nitrogen and oxygen atoms in total. The van der Waals surface area contributed by atoms with Crippen molar-refractivity contribution in [2.45, 2.75) is 231 Å². The van der Waals surface area contributed by atoms with Gasteiger partial charge in [0.15, 0.2) is 0 Å². The van der Waals surface area contributed by atoms with E-state index in [9.17, 15) is 19.4 Å². The molecule has 0 saturated heterocycles. The molecule has 0 aliphatic carbocycles. The van der Waals surface area contributed by atoms with Crippen molar-refractivity contribution in [3.8, 4) is 0 Å². The standard InChI is InChI=1S/C47H93N2O6P/c1-6-8-10-12-14-16-18-20-21-22-23-24-25-26-27-29-31-33-35-37-39-41-47(51)48-45(44-55-56(52,53)54-43-42-49(3,4)5)46(50)40-38-36-34-32-30-28-19-17-15-13-11-9-7-2/h20-21,38,40,45-46,50H,6-19,22-37,39,41-44H2,1-5H3,(H-,48,51,52,53)/b21-20+,40-38+. The van der Waals surface area contributed by atoms with Crippen molar-refractivity contribution in [2.75, 3.05) is 40.9 Å². The molecule has 0 heterocycles. The van der Waals surface area contributed by atoms with E-state index in [1.54, 1.807) is 6.08 Å². The highest BCUT2D eigenvalue weighted by Gasteiger charge is 2.23. The van der Waals surface area contributed by atoms with E-state index in [1.165, 1.54) is 161 Å². The van der Waals surface area contributed by atoms with Gasteiger partial charge in [-0.05, 0) is 44.9 Å². The Balaban J connectivity index is 4.30. The molecule has 0 bridgehead atoms. The largest absolute Gasteiger partial charge is 0.756 e. The molecular weight excluding hydrogens is 719 g/mol. The monoisotopic (exact) mass is 813 g/mol. The van der Waals surface area contributed by atoms with Crippen molar-refractivity contribution < 1.29 is 32.9 Å². The maximum Gasteiger partial charge on any atom is 0.268 e. The number of carbonyl (C=O) groups is 1. The molecule has 56 heavy (non-hydrogen) atoms. The van der Waals surface area contributed by atoms with E-state index < -0.39 is 20.0 Å². The Morgan fingerprint density at radius 3 is 1.39 bits per heavy atom. The molecule has 9 heteroatoms. The van der Waals surface area contributed by atoms with Crippen LogP contribution in [0.2, 0.25) is 0 Å². The molecule has 0 aliphatic heterocycles. The van der Waals surface area contributed by atoms with Gasteiger partial charge < -0.3 is 28.8 Å². The van der Waals surface area contributed by atoms with Crippen LogP contribution in [-0.2, 0) is 18.4 Å². The smallest absolute Gasteiger partial charge is 0.268 e. The number of nitrogens with one attached hydrogen (secondary N) is 1. The summed E-state index contributed by atoms with van der Waals surface area (Å²) in [6, 6.07) is -0.883. The number of carbonyl (C=O) groups excluding carboxylic acids is 1. The number of quaternary nitrogens is 1. The quantitative estimate of drug-likeness (QED) is 0.0275. The molecule has 332 valence electrons. The number of aliphatic hydroxyl groups excluding tert-OH is 1. The maximum absolute atomic E-state index is 12.9. The van der Waals surface area contributed by atoms with Gasteiger partial charge in [-0.3, -0.25) is 9.36 Å². The average molecular weight is 813 g/mol. The lowest BCUT2D eigenvalue weighted by Crippen LogP contribution is -2.45. The number of allylic oxidation sites excluding steroid dienone is 3. The second-order valence-electron chi connectivity index (χ2n) is 17.5. The van der Waals surface area contributed by atoms with Crippen LogP contribution in [0.4, 0.5) is 0 Å². The van der Waals surface area contributed by atoms with Crippen molar-refractivity contribution in [2.24, 2.45) is 0 Å². The van der Waals surface area contributed by atoms with Crippen LogP contribution in [0.1, 0.15) is 219 Å². The van der Waals surface area contributed by atoms with Gasteiger partial charge in [0, 0.05) is 6.42 Å². The first kappa shape index (κ1) is 55.0. The number of hydrogen-bond donors (Lipinski definition) is 2. The maximum atomic E-state index is 12.9. The Bertz CT molecular complexity index is 969. The first-order valence-electron chi connectivity index (χ1n) is 23.7. The predicted molar refractivity (Wildman–Crippen MR) is 238 cm³/mol. The third-order valence-corrected chi connectivity index (χ3v) is 11.6. The van der Waals surface area contributed by atoms with E-state index in [0.29, 0.717) is 17.4 Å². The zero-order valence-electron chi connectivity index (χ0n) is 37.6. The number of amides is 1. The topological polar surface area (TPSA) is 108 Å². The highest BCUT2D eigenvalue weighted by molar-refractivity contribution is 7.45. The molecule has 3 atom stereocenters. The number of likely N-dealkylation sites (N-methyl/N-ethyl adjacent to an activating group) is 1. The molecule has 0 radical (unpaired) electrons. The van der Waals surface area contributed by atoms with Gasteiger partial charge in [-0.15, -0.1) is 0 Å². The number of hydrogen-bond acceptors (Lipinski definition) is 6. The Morgan fingerprint density at radius 2 is 0.982 bits per heavy atom. The molecule has 0 spiro atoms. The fraction of sp³-hybridized carbons (Fsp3) is 0.894. The Morgan fingerprint density at radius 1 is 0.607 bits per heavy atom. The molecule has 2 N–H and O–H groups in total. The molecule has 0 fully saturated rings. The SMILES string of the molecule is CCCCCCCC/C=C/CCCCCCCCCCCCCC(=O)NC(COP(=O)([O-])OCC[N+](C)(C)C)C(O)/C=C/CCCCCCCCCCCCC. The summed E-state index contributed by atoms with van der Waals surface area (Å²) in [7, 11) is 1.26. The van der Waals surface area contributed by atoms with Crippen molar-refractivity contribution >= 4 is 13.7 Å². The normalized spacial score (nSPS) is 14.5. The summed E-state index contributed by atoms with van der Waals surface area (Å²) in [5.41, 5.74) is 0. The van der Waals surface area contributed by atoms with Gasteiger partial charge in [0.05, 0.1) is 39.9 Å². The fourth-order valence-corrected chi connectivity index (χ4v) is 7.58. The summed E-state index contributed by atoms with van der Waals surface area (Å²) >= 11 is 0. The fourth-order valence-electron chi connectivity index (χ4n) is 6.85. The molecule has 0 rings (SSSR count). The summed E-state index contributed by atoms with van der Waals surface area (Å²) in [4.78, 5) is 25.3. The lowest BCUT2D eigenvalue weighted by atomic mass is 10.0. The minimum atomic E-state index is -4.58. The summed E-state index contributed by atoms with van der Waals surface area (Å²) in [5.74, 6) is -0.198. The molecule has 0 aliphatic rings. The Kier molecular flexibility index (Phi) is 38.7. The Hall–Kier alpha value is -1.02. The van der Waals surface area contributed by atoms with Gasteiger partial charge in [0.25, 0.3) is 7.82 Å². The zero-order chi connectivity index (χ0) is 41.4. The van der Waals surface area contributed by atoms with Crippen LogP contribution in [0.5, 0.6) is 0 Å². The molecule has 3 unspecified atom stereocenters. The van der Waals surface area contributed by atoms with Crippen LogP contribution in [0.25, 0.3) is 0 Å². The minimum absolute atomic E-state index is 0.000198. The molecule has 0 saturated carbocycles. The molecular formula is C47H93N2O6P. The third kappa shape index (κ3) is 41.2. The van der Waals surface area contributed by atoms with Crippen molar-refractivity contribution in [1.29, 1.82) is 0 Å². The van der Waals surface area contributed by atoms with Crippen LogP contribution in [0.3, 0.4) is 0 Å². The lowest BCUT2D eigenvalue weighted by molar-refractivity contribution is -0.870. The summed E-state index contributed by atoms with van der Waals surface area (Å²) in [5, 5.41) is 13.8. The highest BCUT2D eigenvalue weighted by Crippen LogP contribution is 2.38. The number of rotatable bonds is 43. The first-order chi connectivity index (χ1) is 27.0. The van der Waals surface area contributed by atoms with Crippen LogP contribution in [0.15, 0.2) is 24.3 Å². The number of unbranched alkanes of at least 4 members (excludes halogenated alkanes) is 28. The molecule has 0 aromatic carbocycles. The van der Waals surface area contributed by atoms with E-state index in [4.69, 9.17) is 9.05 Å². The van der Waals surface area contributed by atoms with Crippen LogP contribution < -0.4 is 10.2 Å². The van der Waals surface area contributed by atoms with Crippen molar-refractivity contribution in [3.63, 3.8) is 0 Å². The zero-order valence-corrected chi connectivity index (χ0v) is 38.5. The van der Waals surface area contributed by atoms with Gasteiger partial charge in [0.2, 0.25) is 5.91 Å². The summed E-state index contributed by atoms with van der Waals surface area (Å²) < 4.78 is 23.2. The van der Waals surface area contributed by atoms with Crippen molar-refractivity contribution in [3.05, 3.63) is 24.3 Å².